The van der Waals surface area contributed by atoms with E-state index in [-0.39, 0.29) is 23.4 Å². The number of sulfonamides is 1. The van der Waals surface area contributed by atoms with Gasteiger partial charge in [0.05, 0.1) is 11.1 Å². The van der Waals surface area contributed by atoms with Crippen molar-refractivity contribution in [2.45, 2.75) is 11.1 Å². The fraction of sp³-hybridized carbons (Fsp3) is 0.400. The third-order valence-electron chi connectivity index (χ3n) is 2.04. The van der Waals surface area contributed by atoms with E-state index in [0.29, 0.717) is 0 Å². The molecule has 0 radical (unpaired) electrons. The van der Waals surface area contributed by atoms with E-state index in [1.807, 2.05) is 0 Å². The summed E-state index contributed by atoms with van der Waals surface area (Å²) in [5.74, 6) is -1.22. The Morgan fingerprint density at radius 3 is 2.38 bits per heavy atom. The van der Waals surface area contributed by atoms with Crippen molar-refractivity contribution in [3.8, 4) is 5.75 Å². The average molecular weight is 396 g/mol. The first-order valence-corrected chi connectivity index (χ1v) is 7.64. The summed E-state index contributed by atoms with van der Waals surface area (Å²) in [6.45, 7) is -2.07. The van der Waals surface area contributed by atoms with Crippen LogP contribution < -0.4 is 9.88 Å². The quantitative estimate of drug-likeness (QED) is 0.591. The molecule has 0 atom stereocenters. The summed E-state index contributed by atoms with van der Waals surface area (Å²) >= 11 is 2.94. The minimum Gasteiger partial charge on any atom is -0.490 e. The molecule has 0 bridgehead atoms. The number of alkyl halides is 3. The standard InChI is InChI=1S/C10H10BrF4NO4S/c11-6-3-9(21(16,17)18)7(12)4-8(6)20-2-1-19-5-10(13,14)15/h3-4H,1-2,5H2,(H2,16,17,18). The van der Waals surface area contributed by atoms with Crippen LogP contribution in [0.1, 0.15) is 0 Å². The molecule has 0 aliphatic rings. The Morgan fingerprint density at radius 1 is 1.24 bits per heavy atom. The Morgan fingerprint density at radius 2 is 1.86 bits per heavy atom. The number of primary sulfonamides is 1. The fourth-order valence-electron chi connectivity index (χ4n) is 1.24. The van der Waals surface area contributed by atoms with Crippen LogP contribution in [0.2, 0.25) is 0 Å². The van der Waals surface area contributed by atoms with E-state index in [4.69, 9.17) is 9.88 Å². The molecule has 21 heavy (non-hydrogen) atoms. The smallest absolute Gasteiger partial charge is 0.411 e. The minimum atomic E-state index is -4.44. The normalized spacial score (nSPS) is 12.5. The molecule has 2 N–H and O–H groups in total. The molecular formula is C10H10BrF4NO4S. The van der Waals surface area contributed by atoms with Crippen LogP contribution in [0.4, 0.5) is 17.6 Å². The molecule has 0 saturated carbocycles. The highest BCUT2D eigenvalue weighted by atomic mass is 79.9. The van der Waals surface area contributed by atoms with Crippen molar-refractivity contribution in [1.29, 1.82) is 0 Å². The number of rotatable bonds is 6. The lowest BCUT2D eigenvalue weighted by Crippen LogP contribution is -2.19. The second kappa shape index (κ2) is 6.90. The number of hydrogen-bond donors (Lipinski definition) is 1. The summed E-state index contributed by atoms with van der Waals surface area (Å²) in [7, 11) is -4.23. The Balaban J connectivity index is 2.64. The molecule has 0 aliphatic carbocycles. The number of halogens is 5. The molecule has 120 valence electrons. The lowest BCUT2D eigenvalue weighted by molar-refractivity contribution is -0.175. The van der Waals surface area contributed by atoms with Crippen molar-refractivity contribution < 1.29 is 35.5 Å². The summed E-state index contributed by atoms with van der Waals surface area (Å²) in [6.07, 6.45) is -4.44. The maximum absolute atomic E-state index is 13.5. The lowest BCUT2D eigenvalue weighted by atomic mass is 10.3. The van der Waals surface area contributed by atoms with Gasteiger partial charge in [0, 0.05) is 6.07 Å². The Bertz CT molecular complexity index is 606. The maximum Gasteiger partial charge on any atom is 0.411 e. The second-order valence-corrected chi connectivity index (χ2v) is 6.16. The van der Waals surface area contributed by atoms with Crippen LogP contribution in [-0.2, 0) is 14.8 Å². The van der Waals surface area contributed by atoms with Crippen LogP contribution in [0.3, 0.4) is 0 Å². The van der Waals surface area contributed by atoms with Crippen LogP contribution in [0.15, 0.2) is 21.5 Å². The first-order chi connectivity index (χ1) is 9.50. The van der Waals surface area contributed by atoms with E-state index in [0.717, 1.165) is 12.1 Å². The average Bonchev–Trinajstić information content (AvgIpc) is 2.29. The molecule has 1 aromatic rings. The summed E-state index contributed by atoms with van der Waals surface area (Å²) in [5, 5.41) is 4.80. The summed E-state index contributed by atoms with van der Waals surface area (Å²) in [4.78, 5) is -0.727. The second-order valence-electron chi connectivity index (χ2n) is 3.77. The van der Waals surface area contributed by atoms with Crippen molar-refractivity contribution in [2.75, 3.05) is 19.8 Å². The van der Waals surface area contributed by atoms with E-state index < -0.39 is 33.5 Å². The molecular weight excluding hydrogens is 386 g/mol. The van der Waals surface area contributed by atoms with Gasteiger partial charge < -0.3 is 9.47 Å². The summed E-state index contributed by atoms with van der Waals surface area (Å²) < 4.78 is 80.4. The molecule has 0 spiro atoms. The molecule has 0 aliphatic heterocycles. The van der Waals surface area contributed by atoms with E-state index in [9.17, 15) is 26.0 Å². The van der Waals surface area contributed by atoms with Crippen molar-refractivity contribution in [2.24, 2.45) is 5.14 Å². The third kappa shape index (κ3) is 6.16. The molecule has 0 unspecified atom stereocenters. The van der Waals surface area contributed by atoms with Gasteiger partial charge in [0.15, 0.2) is 0 Å². The largest absolute Gasteiger partial charge is 0.490 e. The van der Waals surface area contributed by atoms with Crippen LogP contribution in [0, 0.1) is 5.82 Å². The van der Waals surface area contributed by atoms with Gasteiger partial charge in [0.25, 0.3) is 0 Å². The predicted octanol–water partition coefficient (Wildman–Crippen LogP) is 2.19. The molecule has 0 saturated heterocycles. The first kappa shape index (κ1) is 18.1. The molecule has 0 amide bonds. The number of hydrogen-bond acceptors (Lipinski definition) is 4. The maximum atomic E-state index is 13.5. The lowest BCUT2D eigenvalue weighted by Gasteiger charge is -2.11. The SMILES string of the molecule is NS(=O)(=O)c1cc(Br)c(OCCOCC(F)(F)F)cc1F. The topological polar surface area (TPSA) is 78.6 Å². The fourth-order valence-corrected chi connectivity index (χ4v) is 2.46. The molecule has 0 fully saturated rings. The van der Waals surface area contributed by atoms with Gasteiger partial charge >= 0.3 is 6.18 Å². The molecule has 5 nitrogen and oxygen atoms in total. The van der Waals surface area contributed by atoms with Crippen LogP contribution in [-0.4, -0.2) is 34.4 Å². The Labute approximate surface area is 126 Å². The van der Waals surface area contributed by atoms with Gasteiger partial charge in [-0.25, -0.2) is 17.9 Å². The summed E-state index contributed by atoms with van der Waals surface area (Å²) in [5.41, 5.74) is 0. The molecule has 1 rings (SSSR count). The Hall–Kier alpha value is -0.910. The third-order valence-corrected chi connectivity index (χ3v) is 3.59. The monoisotopic (exact) mass is 395 g/mol. The molecule has 0 aromatic heterocycles. The predicted molar refractivity (Wildman–Crippen MR) is 67.8 cm³/mol. The van der Waals surface area contributed by atoms with Gasteiger partial charge in [-0.1, -0.05) is 0 Å². The highest BCUT2D eigenvalue weighted by Gasteiger charge is 2.27. The number of nitrogens with two attached hydrogens (primary N) is 1. The zero-order valence-electron chi connectivity index (χ0n) is 10.3. The van der Waals surface area contributed by atoms with Crippen molar-refractivity contribution in [3.05, 3.63) is 22.4 Å². The Kier molecular flexibility index (Phi) is 5.96. The molecule has 11 heteroatoms. The highest BCUT2D eigenvalue weighted by molar-refractivity contribution is 9.10. The van der Waals surface area contributed by atoms with Crippen molar-refractivity contribution in [3.63, 3.8) is 0 Å². The molecule has 0 heterocycles. The van der Waals surface area contributed by atoms with Gasteiger partial charge in [-0.3, -0.25) is 0 Å². The van der Waals surface area contributed by atoms with Crippen LogP contribution >= 0.6 is 15.9 Å². The van der Waals surface area contributed by atoms with Crippen molar-refractivity contribution in [1.82, 2.24) is 0 Å². The minimum absolute atomic E-state index is 0.0868. The van der Waals surface area contributed by atoms with Crippen molar-refractivity contribution >= 4 is 26.0 Å². The summed E-state index contributed by atoms with van der Waals surface area (Å²) in [6, 6.07) is 1.66. The van der Waals surface area contributed by atoms with Crippen LogP contribution in [0.5, 0.6) is 5.75 Å². The van der Waals surface area contributed by atoms with Gasteiger partial charge in [0.1, 0.15) is 29.7 Å². The van der Waals surface area contributed by atoms with Gasteiger partial charge in [0.2, 0.25) is 10.0 Å². The van der Waals surface area contributed by atoms with E-state index >= 15 is 0 Å². The van der Waals surface area contributed by atoms with E-state index in [1.54, 1.807) is 0 Å². The highest BCUT2D eigenvalue weighted by Crippen LogP contribution is 2.29. The van der Waals surface area contributed by atoms with Gasteiger partial charge in [-0.2, -0.15) is 13.2 Å². The number of benzene rings is 1. The van der Waals surface area contributed by atoms with Gasteiger partial charge in [-0.15, -0.1) is 0 Å². The van der Waals surface area contributed by atoms with E-state index in [1.165, 1.54) is 0 Å². The zero-order valence-corrected chi connectivity index (χ0v) is 12.7. The number of ether oxygens (including phenoxy) is 2. The van der Waals surface area contributed by atoms with Gasteiger partial charge in [-0.05, 0) is 22.0 Å². The first-order valence-electron chi connectivity index (χ1n) is 5.30. The van der Waals surface area contributed by atoms with E-state index in [2.05, 4.69) is 20.7 Å². The molecule has 1 aromatic carbocycles. The zero-order chi connectivity index (χ0) is 16.3. The van der Waals surface area contributed by atoms with Crippen LogP contribution in [0.25, 0.3) is 0 Å².